The van der Waals surface area contributed by atoms with Crippen LogP contribution in [-0.4, -0.2) is 50.5 Å². The van der Waals surface area contributed by atoms with E-state index < -0.39 is 27.7 Å². The van der Waals surface area contributed by atoms with Crippen molar-refractivity contribution < 1.29 is 31.7 Å². The Bertz CT molecular complexity index is 1500. The number of aromatic nitrogens is 1. The van der Waals surface area contributed by atoms with Crippen LogP contribution in [0.25, 0.3) is 22.2 Å². The summed E-state index contributed by atoms with van der Waals surface area (Å²) in [6.45, 7) is 8.85. The lowest BCUT2D eigenvalue weighted by Crippen LogP contribution is -2.27. The normalized spacial score (nSPS) is 13.4. The van der Waals surface area contributed by atoms with E-state index in [0.29, 0.717) is 28.9 Å². The van der Waals surface area contributed by atoms with E-state index in [2.05, 4.69) is 10.6 Å². The second kappa shape index (κ2) is 9.71. The molecular formula is C26H31N3O7S. The zero-order chi connectivity index (χ0) is 27.1. The second-order valence-electron chi connectivity index (χ2n) is 9.80. The Hall–Kier alpha value is -3.57. The Labute approximate surface area is 216 Å². The molecule has 0 spiro atoms. The molecule has 3 aromatic rings. The van der Waals surface area contributed by atoms with Crippen molar-refractivity contribution in [2.24, 2.45) is 0 Å². The fraction of sp³-hybridized carbons (Fsp3) is 0.385. The number of rotatable bonds is 7. The van der Waals surface area contributed by atoms with Crippen LogP contribution in [0.2, 0.25) is 0 Å². The van der Waals surface area contributed by atoms with Gasteiger partial charge < -0.3 is 24.3 Å². The van der Waals surface area contributed by atoms with Crippen LogP contribution in [0.15, 0.2) is 30.3 Å². The van der Waals surface area contributed by atoms with Gasteiger partial charge in [-0.1, -0.05) is 13.0 Å². The fourth-order valence-electron chi connectivity index (χ4n) is 4.32. The second-order valence-corrected chi connectivity index (χ2v) is 11.4. The molecule has 1 aromatic heterocycles. The Morgan fingerprint density at radius 2 is 1.92 bits per heavy atom. The molecule has 0 atom stereocenters. The summed E-state index contributed by atoms with van der Waals surface area (Å²) in [7, 11) is -2.53. The van der Waals surface area contributed by atoms with Gasteiger partial charge >= 0.3 is 16.2 Å². The molecule has 2 aromatic carbocycles. The molecule has 10 nitrogen and oxygen atoms in total. The number of carbonyl (C=O) groups excluding carboxylic acids is 2. The number of ether oxygens (including phenoxy) is 2. The molecular weight excluding hydrogens is 498 g/mol. The lowest BCUT2D eigenvalue weighted by atomic mass is 9.98. The van der Waals surface area contributed by atoms with E-state index in [4.69, 9.17) is 13.7 Å². The zero-order valence-electron chi connectivity index (χ0n) is 21.7. The van der Waals surface area contributed by atoms with Crippen molar-refractivity contribution in [3.05, 3.63) is 47.0 Å². The van der Waals surface area contributed by atoms with E-state index in [0.717, 1.165) is 23.8 Å². The van der Waals surface area contributed by atoms with Gasteiger partial charge in [0.2, 0.25) is 0 Å². The fourth-order valence-corrected chi connectivity index (χ4v) is 4.81. The molecule has 1 aliphatic heterocycles. The van der Waals surface area contributed by atoms with Crippen LogP contribution in [0.3, 0.4) is 0 Å². The lowest BCUT2D eigenvalue weighted by molar-refractivity contribution is 0.0546. The number of methoxy groups -OCH3 is 1. The molecule has 0 aliphatic carbocycles. The SMILES string of the molecule is CCNCc1ccc2c(c1)cc(-c1cc(OC)c(OS(C)(=O)=O)c3c1C(=O)NC3)n2C(=O)OC(C)(C)C. The maximum Gasteiger partial charge on any atom is 0.419 e. The van der Waals surface area contributed by atoms with E-state index in [1.165, 1.54) is 17.7 Å². The highest BCUT2D eigenvalue weighted by Crippen LogP contribution is 2.44. The predicted molar refractivity (Wildman–Crippen MR) is 140 cm³/mol. The smallest absolute Gasteiger partial charge is 0.419 e. The van der Waals surface area contributed by atoms with E-state index >= 15 is 0 Å². The van der Waals surface area contributed by atoms with Gasteiger partial charge in [-0.15, -0.1) is 0 Å². The summed E-state index contributed by atoms with van der Waals surface area (Å²) in [5.41, 5.74) is 2.20. The molecule has 198 valence electrons. The van der Waals surface area contributed by atoms with E-state index in [9.17, 15) is 18.0 Å². The highest BCUT2D eigenvalue weighted by Gasteiger charge is 2.34. The standard InChI is InChI=1S/C26H31N3O7S/c1-7-27-13-15-8-9-19-16(10-15)11-20(29(19)25(31)35-26(2,3)4)17-12-21(34-5)23(36-37(6,32)33)18-14-28-24(30)22(17)18/h8-12,27H,7,13-14H2,1-6H3,(H,28,30). The minimum absolute atomic E-state index is 0.0444. The maximum absolute atomic E-state index is 13.5. The minimum Gasteiger partial charge on any atom is -0.493 e. The van der Waals surface area contributed by atoms with Crippen LogP contribution in [0.4, 0.5) is 4.79 Å². The third-order valence-electron chi connectivity index (χ3n) is 5.75. The van der Waals surface area contributed by atoms with Crippen molar-refractivity contribution in [3.63, 3.8) is 0 Å². The molecule has 2 heterocycles. The van der Waals surface area contributed by atoms with Crippen LogP contribution < -0.4 is 19.6 Å². The number of nitrogens with one attached hydrogen (secondary N) is 2. The number of fused-ring (bicyclic) bond motifs is 2. The summed E-state index contributed by atoms with van der Waals surface area (Å²) < 4.78 is 41.7. The van der Waals surface area contributed by atoms with Crippen molar-refractivity contribution in [2.45, 2.75) is 46.4 Å². The molecule has 0 unspecified atom stereocenters. The molecule has 0 radical (unpaired) electrons. The molecule has 4 rings (SSSR count). The monoisotopic (exact) mass is 529 g/mol. The highest BCUT2D eigenvalue weighted by molar-refractivity contribution is 7.86. The first kappa shape index (κ1) is 26.5. The van der Waals surface area contributed by atoms with Gasteiger partial charge in [0.05, 0.1) is 30.1 Å². The van der Waals surface area contributed by atoms with Gasteiger partial charge in [-0.2, -0.15) is 8.42 Å². The van der Waals surface area contributed by atoms with Crippen molar-refractivity contribution in [2.75, 3.05) is 19.9 Å². The van der Waals surface area contributed by atoms with Crippen LogP contribution in [0, 0.1) is 0 Å². The summed E-state index contributed by atoms with van der Waals surface area (Å²) in [5, 5.41) is 6.78. The average Bonchev–Trinajstić information content (AvgIpc) is 3.36. The minimum atomic E-state index is -3.91. The van der Waals surface area contributed by atoms with Crippen molar-refractivity contribution in [1.82, 2.24) is 15.2 Å². The van der Waals surface area contributed by atoms with Crippen LogP contribution in [0.5, 0.6) is 11.5 Å². The van der Waals surface area contributed by atoms with Crippen LogP contribution in [-0.2, 0) is 27.9 Å². The Morgan fingerprint density at radius 1 is 1.19 bits per heavy atom. The Morgan fingerprint density at radius 3 is 2.54 bits per heavy atom. The number of nitrogens with zero attached hydrogens (tertiary/aromatic N) is 1. The van der Waals surface area contributed by atoms with Crippen molar-refractivity contribution >= 4 is 33.0 Å². The molecule has 1 amide bonds. The molecule has 0 saturated heterocycles. The number of hydrogen-bond acceptors (Lipinski definition) is 8. The van der Waals surface area contributed by atoms with Gasteiger partial charge in [0.1, 0.15) is 5.60 Å². The van der Waals surface area contributed by atoms with Gasteiger partial charge in [0, 0.05) is 29.6 Å². The molecule has 37 heavy (non-hydrogen) atoms. The van der Waals surface area contributed by atoms with Crippen molar-refractivity contribution in [3.8, 4) is 22.8 Å². The Kier molecular flexibility index (Phi) is 6.95. The van der Waals surface area contributed by atoms with E-state index in [-0.39, 0.29) is 23.6 Å². The topological polar surface area (TPSA) is 125 Å². The summed E-state index contributed by atoms with van der Waals surface area (Å²) in [6, 6.07) is 9.07. The molecule has 2 N–H and O–H groups in total. The third-order valence-corrected chi connectivity index (χ3v) is 6.22. The molecule has 0 saturated carbocycles. The number of amides is 1. The van der Waals surface area contributed by atoms with Gasteiger partial charge in [-0.3, -0.25) is 4.79 Å². The van der Waals surface area contributed by atoms with Gasteiger partial charge in [-0.05, 0) is 57.1 Å². The first-order valence-corrected chi connectivity index (χ1v) is 13.6. The zero-order valence-corrected chi connectivity index (χ0v) is 22.5. The van der Waals surface area contributed by atoms with Crippen LogP contribution >= 0.6 is 0 Å². The van der Waals surface area contributed by atoms with Gasteiger partial charge in [-0.25, -0.2) is 9.36 Å². The van der Waals surface area contributed by atoms with E-state index in [1.807, 2.05) is 31.2 Å². The predicted octanol–water partition coefficient (Wildman–Crippen LogP) is 3.79. The summed E-state index contributed by atoms with van der Waals surface area (Å²) in [4.78, 5) is 26.5. The first-order chi connectivity index (χ1) is 17.3. The Balaban J connectivity index is 2.01. The maximum atomic E-state index is 13.5. The molecule has 1 aliphatic rings. The molecule has 0 fully saturated rings. The molecule has 11 heteroatoms. The summed E-state index contributed by atoms with van der Waals surface area (Å²) in [6.07, 6.45) is 0.307. The van der Waals surface area contributed by atoms with Crippen molar-refractivity contribution in [1.29, 1.82) is 0 Å². The van der Waals surface area contributed by atoms with Gasteiger partial charge in [0.25, 0.3) is 5.91 Å². The van der Waals surface area contributed by atoms with E-state index in [1.54, 1.807) is 20.8 Å². The molecule has 0 bridgehead atoms. The third kappa shape index (κ3) is 5.42. The number of hydrogen-bond donors (Lipinski definition) is 2. The summed E-state index contributed by atoms with van der Waals surface area (Å²) in [5.74, 6) is -0.362. The number of carbonyl (C=O) groups is 2. The van der Waals surface area contributed by atoms with Gasteiger partial charge in [0.15, 0.2) is 11.5 Å². The highest BCUT2D eigenvalue weighted by atomic mass is 32.2. The number of benzene rings is 2. The lowest BCUT2D eigenvalue weighted by Gasteiger charge is -2.22. The average molecular weight is 530 g/mol. The quantitative estimate of drug-likeness (QED) is 0.443. The first-order valence-electron chi connectivity index (χ1n) is 11.8. The van der Waals surface area contributed by atoms with Crippen LogP contribution in [0.1, 0.15) is 49.2 Å². The largest absolute Gasteiger partial charge is 0.493 e. The summed E-state index contributed by atoms with van der Waals surface area (Å²) >= 11 is 0.